The average molecular weight is 242 g/mol. The van der Waals surface area contributed by atoms with Gasteiger partial charge in [0.05, 0.1) is 6.61 Å². The lowest BCUT2D eigenvalue weighted by molar-refractivity contribution is -0.134. The van der Waals surface area contributed by atoms with Crippen molar-refractivity contribution >= 4 is 5.78 Å². The van der Waals surface area contributed by atoms with E-state index in [0.29, 0.717) is 0 Å². The summed E-state index contributed by atoms with van der Waals surface area (Å²) in [6.07, 6.45) is 1.76. The van der Waals surface area contributed by atoms with Crippen LogP contribution in [0, 0.1) is 0 Å². The third-order valence-corrected chi connectivity index (χ3v) is 3.68. The van der Waals surface area contributed by atoms with E-state index in [9.17, 15) is 4.79 Å². The Bertz CT molecular complexity index is 264. The molecule has 2 aliphatic heterocycles. The maximum Gasteiger partial charge on any atom is 0.158 e. The minimum Gasteiger partial charge on any atom is -0.395 e. The number of piperazine rings is 1. The zero-order valence-corrected chi connectivity index (χ0v) is 10.5. The fourth-order valence-corrected chi connectivity index (χ4v) is 2.60. The summed E-state index contributed by atoms with van der Waals surface area (Å²) in [5.74, 6) is 0.145. The molecule has 0 bridgehead atoms. The summed E-state index contributed by atoms with van der Waals surface area (Å²) in [5, 5.41) is 8.87. The first-order valence-electron chi connectivity index (χ1n) is 6.44. The number of hydrogen-bond donors (Lipinski definition) is 1. The van der Waals surface area contributed by atoms with Crippen molar-refractivity contribution in [3.63, 3.8) is 0 Å². The van der Waals surface area contributed by atoms with E-state index in [1.54, 1.807) is 6.92 Å². The van der Waals surface area contributed by atoms with Crippen LogP contribution in [0.3, 0.4) is 0 Å². The number of rotatable bonds is 4. The fraction of sp³-hybridized carbons (Fsp3) is 0.917. The Labute approximate surface area is 102 Å². The van der Waals surface area contributed by atoms with Gasteiger partial charge < -0.3 is 9.84 Å². The van der Waals surface area contributed by atoms with Gasteiger partial charge in [-0.25, -0.2) is 0 Å². The monoisotopic (exact) mass is 242 g/mol. The first-order valence-corrected chi connectivity index (χ1v) is 6.44. The van der Waals surface area contributed by atoms with Crippen molar-refractivity contribution in [2.45, 2.75) is 32.1 Å². The van der Waals surface area contributed by atoms with Crippen molar-refractivity contribution in [1.82, 2.24) is 9.80 Å². The molecule has 0 aliphatic carbocycles. The number of Topliss-reactive ketones (excluding diaryl/α,β-unsaturated/α-hetero) is 1. The molecule has 2 atom stereocenters. The van der Waals surface area contributed by atoms with Crippen LogP contribution in [-0.4, -0.2) is 72.4 Å². The van der Waals surface area contributed by atoms with Crippen LogP contribution in [-0.2, 0) is 9.53 Å². The molecule has 2 fully saturated rings. The number of ketones is 1. The number of carbonyl (C=O) groups is 1. The summed E-state index contributed by atoms with van der Waals surface area (Å²) in [4.78, 5) is 15.8. The lowest BCUT2D eigenvalue weighted by Crippen LogP contribution is -2.51. The minimum absolute atomic E-state index is 0.125. The number of hydrogen-bond acceptors (Lipinski definition) is 5. The second-order valence-corrected chi connectivity index (χ2v) is 4.87. The van der Waals surface area contributed by atoms with E-state index in [1.165, 1.54) is 0 Å². The van der Waals surface area contributed by atoms with Crippen molar-refractivity contribution in [3.05, 3.63) is 0 Å². The topological polar surface area (TPSA) is 53.0 Å². The van der Waals surface area contributed by atoms with Crippen LogP contribution in [0.1, 0.15) is 19.8 Å². The predicted octanol–water partition coefficient (Wildman–Crippen LogP) is -0.310. The van der Waals surface area contributed by atoms with Gasteiger partial charge in [0, 0.05) is 32.7 Å². The largest absolute Gasteiger partial charge is 0.395 e. The minimum atomic E-state index is -0.185. The molecule has 0 amide bonds. The van der Waals surface area contributed by atoms with Crippen LogP contribution in [0.2, 0.25) is 0 Å². The van der Waals surface area contributed by atoms with Crippen molar-refractivity contribution in [3.8, 4) is 0 Å². The highest BCUT2D eigenvalue weighted by Gasteiger charge is 2.33. The molecule has 5 heteroatoms. The lowest BCUT2D eigenvalue weighted by atomic mass is 10.1. The summed E-state index contributed by atoms with van der Waals surface area (Å²) < 4.78 is 5.77. The normalized spacial score (nSPS) is 31.9. The summed E-state index contributed by atoms with van der Waals surface area (Å²) in [6, 6.07) is 0. The first kappa shape index (κ1) is 13.0. The maximum atomic E-state index is 11.2. The molecule has 0 radical (unpaired) electrons. The van der Waals surface area contributed by atoms with Crippen LogP contribution >= 0.6 is 0 Å². The van der Waals surface area contributed by atoms with Gasteiger partial charge in [-0.3, -0.25) is 14.6 Å². The predicted molar refractivity (Wildman–Crippen MR) is 63.7 cm³/mol. The molecule has 17 heavy (non-hydrogen) atoms. The van der Waals surface area contributed by atoms with Crippen molar-refractivity contribution < 1.29 is 14.6 Å². The second kappa shape index (κ2) is 5.91. The van der Waals surface area contributed by atoms with E-state index in [0.717, 1.165) is 45.6 Å². The fourth-order valence-electron chi connectivity index (χ4n) is 2.60. The quantitative estimate of drug-likeness (QED) is 0.733. The van der Waals surface area contributed by atoms with Crippen LogP contribution in [0.4, 0.5) is 0 Å². The molecular weight excluding hydrogens is 220 g/mol. The van der Waals surface area contributed by atoms with Crippen molar-refractivity contribution in [2.24, 2.45) is 0 Å². The molecule has 0 spiro atoms. The number of aliphatic hydroxyl groups is 1. The van der Waals surface area contributed by atoms with Gasteiger partial charge in [-0.2, -0.15) is 0 Å². The average Bonchev–Trinajstić information content (AvgIpc) is 2.80. The maximum absolute atomic E-state index is 11.2. The van der Waals surface area contributed by atoms with Gasteiger partial charge in [-0.1, -0.05) is 0 Å². The number of β-amino-alcohol motifs (C(OH)–C–C–N with tert-alkyl or cyclic N) is 1. The lowest BCUT2D eigenvalue weighted by Gasteiger charge is -2.37. The van der Waals surface area contributed by atoms with Gasteiger partial charge in [-0.15, -0.1) is 0 Å². The molecule has 2 heterocycles. The summed E-state index contributed by atoms with van der Waals surface area (Å²) >= 11 is 0. The Hall–Kier alpha value is -0.490. The molecular formula is C12H22N2O3. The third-order valence-electron chi connectivity index (χ3n) is 3.68. The second-order valence-electron chi connectivity index (χ2n) is 4.87. The van der Waals surface area contributed by atoms with E-state index in [2.05, 4.69) is 9.80 Å². The van der Waals surface area contributed by atoms with Crippen LogP contribution in [0.15, 0.2) is 0 Å². The van der Waals surface area contributed by atoms with Crippen LogP contribution < -0.4 is 0 Å². The summed E-state index contributed by atoms with van der Waals surface area (Å²) in [7, 11) is 0. The summed E-state index contributed by atoms with van der Waals surface area (Å²) in [6.45, 7) is 6.48. The molecule has 2 aliphatic rings. The van der Waals surface area contributed by atoms with Gasteiger partial charge in [0.1, 0.15) is 12.3 Å². The molecule has 98 valence electrons. The van der Waals surface area contributed by atoms with Crippen LogP contribution in [0.5, 0.6) is 0 Å². The van der Waals surface area contributed by atoms with E-state index < -0.39 is 0 Å². The molecule has 0 aromatic rings. The number of aliphatic hydroxyl groups excluding tert-OH is 1. The van der Waals surface area contributed by atoms with Crippen molar-refractivity contribution in [1.29, 1.82) is 0 Å². The van der Waals surface area contributed by atoms with E-state index in [4.69, 9.17) is 9.84 Å². The van der Waals surface area contributed by atoms with Gasteiger partial charge in [0.15, 0.2) is 5.78 Å². The van der Waals surface area contributed by atoms with E-state index in [-0.39, 0.29) is 24.7 Å². The van der Waals surface area contributed by atoms with Gasteiger partial charge in [0.25, 0.3) is 0 Å². The molecule has 5 nitrogen and oxygen atoms in total. The van der Waals surface area contributed by atoms with Crippen LogP contribution in [0.25, 0.3) is 0 Å². The Kier molecular flexibility index (Phi) is 4.50. The molecule has 2 unspecified atom stereocenters. The molecule has 2 saturated heterocycles. The van der Waals surface area contributed by atoms with Gasteiger partial charge >= 0.3 is 0 Å². The van der Waals surface area contributed by atoms with E-state index >= 15 is 0 Å². The highest BCUT2D eigenvalue weighted by atomic mass is 16.5. The zero-order chi connectivity index (χ0) is 12.3. The molecule has 2 rings (SSSR count). The Morgan fingerprint density at radius 2 is 2.00 bits per heavy atom. The number of nitrogens with zero attached hydrogens (tertiary/aromatic N) is 2. The Morgan fingerprint density at radius 1 is 1.29 bits per heavy atom. The number of ether oxygens (including phenoxy) is 1. The number of carbonyl (C=O) groups excluding carboxylic acids is 1. The van der Waals surface area contributed by atoms with Crippen molar-refractivity contribution in [2.75, 3.05) is 39.3 Å². The van der Waals surface area contributed by atoms with Gasteiger partial charge in [0.2, 0.25) is 0 Å². The zero-order valence-electron chi connectivity index (χ0n) is 10.5. The standard InChI is InChI=1S/C12H22N2O3/c1-10(16)11-2-3-12(17-11)14-6-4-13(5-7-14)8-9-15/h11-12,15H,2-9H2,1H3. The summed E-state index contributed by atoms with van der Waals surface area (Å²) in [5.41, 5.74) is 0. The molecule has 1 N–H and O–H groups in total. The van der Waals surface area contributed by atoms with Gasteiger partial charge in [-0.05, 0) is 19.8 Å². The third kappa shape index (κ3) is 3.25. The molecule has 0 saturated carbocycles. The van der Waals surface area contributed by atoms with E-state index in [1.807, 2.05) is 0 Å². The Morgan fingerprint density at radius 3 is 2.53 bits per heavy atom. The highest BCUT2D eigenvalue weighted by molar-refractivity contribution is 5.80. The smallest absolute Gasteiger partial charge is 0.158 e. The SMILES string of the molecule is CC(=O)C1CCC(N2CCN(CCO)CC2)O1. The first-order chi connectivity index (χ1) is 8.20. The molecule has 0 aromatic carbocycles. The highest BCUT2D eigenvalue weighted by Crippen LogP contribution is 2.24. The Balaban J connectivity index is 1.76. The molecule has 0 aromatic heterocycles.